The third kappa shape index (κ3) is 3.94. The smallest absolute Gasteiger partial charge is 0.224 e. The van der Waals surface area contributed by atoms with Crippen LogP contribution in [-0.4, -0.2) is 27.7 Å². The summed E-state index contributed by atoms with van der Waals surface area (Å²) >= 11 is 5.78. The Hall–Kier alpha value is -0.870. The van der Waals surface area contributed by atoms with Gasteiger partial charge in [-0.2, -0.15) is 0 Å². The van der Waals surface area contributed by atoms with Crippen molar-refractivity contribution in [1.29, 1.82) is 0 Å². The van der Waals surface area contributed by atoms with Crippen molar-refractivity contribution in [2.45, 2.75) is 33.2 Å². The fourth-order valence-corrected chi connectivity index (χ4v) is 1.73. The number of halogens is 1. The van der Waals surface area contributed by atoms with Gasteiger partial charge in [0.15, 0.2) is 0 Å². The lowest BCUT2D eigenvalue weighted by Gasteiger charge is -2.22. The number of rotatable bonds is 5. The lowest BCUT2D eigenvalue weighted by atomic mass is 10.0. The fourth-order valence-electron chi connectivity index (χ4n) is 1.51. The topological polar surface area (TPSA) is 58.0 Å². The summed E-state index contributed by atoms with van der Waals surface area (Å²) in [6, 6.07) is 2.04. The molecule has 1 aromatic heterocycles. The molecule has 0 aliphatic rings. The van der Waals surface area contributed by atoms with E-state index in [2.05, 4.69) is 29.1 Å². The third-order valence-corrected chi connectivity index (χ3v) is 2.57. The van der Waals surface area contributed by atoms with Gasteiger partial charge in [-0.15, -0.1) is 0 Å². The fraction of sp³-hybridized carbons (Fsp3) is 0.636. The van der Waals surface area contributed by atoms with Crippen molar-refractivity contribution in [3.8, 4) is 0 Å². The van der Waals surface area contributed by atoms with Crippen LogP contribution in [0.25, 0.3) is 0 Å². The van der Waals surface area contributed by atoms with Gasteiger partial charge < -0.3 is 10.4 Å². The predicted molar refractivity (Wildman–Crippen MR) is 65.7 cm³/mol. The van der Waals surface area contributed by atoms with Crippen molar-refractivity contribution >= 4 is 17.4 Å². The Bertz CT molecular complexity index is 324. The summed E-state index contributed by atoms with van der Waals surface area (Å²) in [5.41, 5.74) is 0.828. The van der Waals surface area contributed by atoms with Crippen molar-refractivity contribution in [3.05, 3.63) is 17.0 Å². The molecule has 0 amide bonds. The molecule has 1 unspecified atom stereocenters. The van der Waals surface area contributed by atoms with Gasteiger partial charge in [-0.3, -0.25) is 0 Å². The molecule has 0 aliphatic heterocycles. The quantitative estimate of drug-likeness (QED) is 0.779. The monoisotopic (exact) mass is 243 g/mol. The first-order chi connectivity index (χ1) is 7.52. The van der Waals surface area contributed by atoms with Gasteiger partial charge in [-0.25, -0.2) is 9.97 Å². The van der Waals surface area contributed by atoms with E-state index in [0.717, 1.165) is 5.69 Å². The van der Waals surface area contributed by atoms with E-state index in [-0.39, 0.29) is 17.9 Å². The molecule has 0 aromatic carbocycles. The van der Waals surface area contributed by atoms with Crippen LogP contribution in [0.2, 0.25) is 5.28 Å². The number of nitrogens with zero attached hydrogens (tertiary/aromatic N) is 2. The largest absolute Gasteiger partial charge is 0.396 e. The zero-order chi connectivity index (χ0) is 12.1. The summed E-state index contributed by atoms with van der Waals surface area (Å²) in [6.07, 6.45) is 0.693. The highest BCUT2D eigenvalue weighted by Gasteiger charge is 2.13. The van der Waals surface area contributed by atoms with Gasteiger partial charge in [0.2, 0.25) is 5.28 Å². The molecule has 0 saturated carbocycles. The molecular weight excluding hydrogens is 226 g/mol. The van der Waals surface area contributed by atoms with E-state index in [0.29, 0.717) is 18.2 Å². The van der Waals surface area contributed by atoms with E-state index in [4.69, 9.17) is 16.7 Å². The Labute approximate surface area is 101 Å². The lowest BCUT2D eigenvalue weighted by Crippen LogP contribution is -2.27. The molecule has 90 valence electrons. The first-order valence-electron chi connectivity index (χ1n) is 5.41. The highest BCUT2D eigenvalue weighted by Crippen LogP contribution is 2.15. The van der Waals surface area contributed by atoms with Crippen LogP contribution in [0, 0.1) is 12.8 Å². The number of hydrogen-bond donors (Lipinski definition) is 2. The first-order valence-corrected chi connectivity index (χ1v) is 5.79. The molecule has 1 atom stereocenters. The van der Waals surface area contributed by atoms with Crippen LogP contribution in [-0.2, 0) is 0 Å². The molecule has 0 fully saturated rings. The average molecular weight is 244 g/mol. The number of aliphatic hydroxyl groups is 1. The van der Waals surface area contributed by atoms with E-state index in [1.54, 1.807) is 0 Å². The minimum Gasteiger partial charge on any atom is -0.396 e. The number of aromatic nitrogens is 2. The molecular formula is C11H18ClN3O. The molecule has 16 heavy (non-hydrogen) atoms. The van der Waals surface area contributed by atoms with Crippen LogP contribution in [0.3, 0.4) is 0 Å². The van der Waals surface area contributed by atoms with Crippen molar-refractivity contribution in [2.24, 2.45) is 5.92 Å². The zero-order valence-electron chi connectivity index (χ0n) is 9.87. The SMILES string of the molecule is Cc1cc(NC(CCO)C(C)C)nc(Cl)n1. The Kier molecular flexibility index (Phi) is 4.96. The second-order valence-electron chi connectivity index (χ2n) is 4.17. The maximum atomic E-state index is 8.97. The van der Waals surface area contributed by atoms with E-state index < -0.39 is 0 Å². The van der Waals surface area contributed by atoms with Gasteiger partial charge in [0.1, 0.15) is 5.82 Å². The van der Waals surface area contributed by atoms with Crippen LogP contribution in [0.15, 0.2) is 6.07 Å². The number of aliphatic hydroxyl groups excluding tert-OH is 1. The van der Waals surface area contributed by atoms with Gasteiger partial charge in [0.05, 0.1) is 0 Å². The highest BCUT2D eigenvalue weighted by atomic mass is 35.5. The molecule has 1 heterocycles. The third-order valence-electron chi connectivity index (χ3n) is 2.41. The summed E-state index contributed by atoms with van der Waals surface area (Å²) in [5, 5.41) is 12.5. The Morgan fingerprint density at radius 2 is 2.12 bits per heavy atom. The molecule has 5 heteroatoms. The van der Waals surface area contributed by atoms with Crippen LogP contribution in [0.4, 0.5) is 5.82 Å². The summed E-state index contributed by atoms with van der Waals surface area (Å²) in [4.78, 5) is 8.10. The van der Waals surface area contributed by atoms with Gasteiger partial charge in [0.25, 0.3) is 0 Å². The van der Waals surface area contributed by atoms with Gasteiger partial charge in [-0.1, -0.05) is 13.8 Å². The molecule has 0 spiro atoms. The molecule has 1 rings (SSSR count). The molecule has 2 N–H and O–H groups in total. The molecule has 1 aromatic rings. The standard InChI is InChI=1S/C11H18ClN3O/c1-7(2)9(4-5-16)14-10-6-8(3)13-11(12)15-10/h6-7,9,16H,4-5H2,1-3H3,(H,13,14,15). The second-order valence-corrected chi connectivity index (χ2v) is 4.51. The molecule has 4 nitrogen and oxygen atoms in total. The predicted octanol–water partition coefficient (Wildman–Crippen LogP) is 2.26. The van der Waals surface area contributed by atoms with Crippen molar-refractivity contribution < 1.29 is 5.11 Å². The minimum atomic E-state index is 0.160. The number of hydrogen-bond acceptors (Lipinski definition) is 4. The van der Waals surface area contributed by atoms with Crippen LogP contribution in [0.5, 0.6) is 0 Å². The molecule has 0 bridgehead atoms. The summed E-state index contributed by atoms with van der Waals surface area (Å²) in [7, 11) is 0. The van der Waals surface area contributed by atoms with Crippen molar-refractivity contribution in [1.82, 2.24) is 9.97 Å². The van der Waals surface area contributed by atoms with Crippen LogP contribution >= 0.6 is 11.6 Å². The maximum absolute atomic E-state index is 8.97. The summed E-state index contributed by atoms with van der Waals surface area (Å²) in [6.45, 7) is 6.23. The number of aryl methyl sites for hydroxylation is 1. The van der Waals surface area contributed by atoms with Gasteiger partial charge >= 0.3 is 0 Å². The Balaban J connectivity index is 2.76. The summed E-state index contributed by atoms with van der Waals surface area (Å²) in [5.74, 6) is 1.13. The highest BCUT2D eigenvalue weighted by molar-refractivity contribution is 6.28. The molecule has 0 saturated heterocycles. The Morgan fingerprint density at radius 3 is 2.62 bits per heavy atom. The average Bonchev–Trinajstić information content (AvgIpc) is 2.15. The number of anilines is 1. The van der Waals surface area contributed by atoms with Crippen molar-refractivity contribution in [2.75, 3.05) is 11.9 Å². The minimum absolute atomic E-state index is 0.160. The zero-order valence-corrected chi connectivity index (χ0v) is 10.6. The van der Waals surface area contributed by atoms with Crippen LogP contribution < -0.4 is 5.32 Å². The molecule has 0 aliphatic carbocycles. The van der Waals surface area contributed by atoms with E-state index >= 15 is 0 Å². The Morgan fingerprint density at radius 1 is 1.44 bits per heavy atom. The number of nitrogens with one attached hydrogen (secondary N) is 1. The van der Waals surface area contributed by atoms with Gasteiger partial charge in [0, 0.05) is 24.4 Å². The maximum Gasteiger partial charge on any atom is 0.224 e. The van der Waals surface area contributed by atoms with Gasteiger partial charge in [-0.05, 0) is 30.9 Å². The van der Waals surface area contributed by atoms with E-state index in [1.807, 2.05) is 13.0 Å². The summed E-state index contributed by atoms with van der Waals surface area (Å²) < 4.78 is 0. The van der Waals surface area contributed by atoms with E-state index in [9.17, 15) is 0 Å². The van der Waals surface area contributed by atoms with E-state index in [1.165, 1.54) is 0 Å². The second kappa shape index (κ2) is 6.01. The lowest BCUT2D eigenvalue weighted by molar-refractivity contribution is 0.267. The van der Waals surface area contributed by atoms with Crippen LogP contribution in [0.1, 0.15) is 26.0 Å². The molecule has 0 radical (unpaired) electrons. The first kappa shape index (κ1) is 13.2. The van der Waals surface area contributed by atoms with Crippen molar-refractivity contribution in [3.63, 3.8) is 0 Å². The normalized spacial score (nSPS) is 12.9.